The lowest BCUT2D eigenvalue weighted by Crippen LogP contribution is -2.25. The summed E-state index contributed by atoms with van der Waals surface area (Å²) in [5.41, 5.74) is 1.63. The van der Waals surface area contributed by atoms with Crippen LogP contribution in [0.1, 0.15) is 5.56 Å². The molecule has 2 aliphatic heterocycles. The summed E-state index contributed by atoms with van der Waals surface area (Å²) in [5, 5.41) is 5.92. The zero-order chi connectivity index (χ0) is 11.0. The zero-order valence-corrected chi connectivity index (χ0v) is 9.07. The number of nitrogens with zero attached hydrogens (tertiary/aromatic N) is 3. The van der Waals surface area contributed by atoms with Crippen LogP contribution in [0, 0.1) is 0 Å². The maximum absolute atomic E-state index is 11.3. The highest BCUT2D eigenvalue weighted by Gasteiger charge is 2.30. The molecule has 5 heteroatoms. The van der Waals surface area contributed by atoms with E-state index >= 15 is 0 Å². The average molecular weight is 229 g/mol. The van der Waals surface area contributed by atoms with Gasteiger partial charge in [0.1, 0.15) is 5.70 Å². The number of hydrogen-bond donors (Lipinski definition) is 0. The third-order valence-electron chi connectivity index (χ3n) is 2.25. The molecule has 2 aliphatic rings. The quantitative estimate of drug-likeness (QED) is 0.733. The second kappa shape index (κ2) is 3.63. The summed E-state index contributed by atoms with van der Waals surface area (Å²) in [6.45, 7) is 0. The Hall–Kier alpha value is -1.84. The van der Waals surface area contributed by atoms with E-state index in [2.05, 4.69) is 16.0 Å². The second-order valence-electron chi connectivity index (χ2n) is 3.32. The SMILES string of the molecule is O=C1CSC2=NC(c3ccccc3)=C=NN12. The number of aliphatic imine (C=N–C) groups is 1. The topological polar surface area (TPSA) is 45.0 Å². The Balaban J connectivity index is 2.04. The standard InChI is InChI=1S/C11H7N3OS/c15-10-7-16-11-13-9(6-12-14(10)11)8-4-2-1-3-5-8/h1-5H,7H2. The fourth-order valence-corrected chi connectivity index (χ4v) is 2.27. The van der Waals surface area contributed by atoms with Crippen molar-refractivity contribution in [3.05, 3.63) is 35.9 Å². The molecule has 3 rings (SSSR count). The molecule has 4 nitrogen and oxygen atoms in total. The molecular weight excluding hydrogens is 222 g/mol. The lowest BCUT2D eigenvalue weighted by atomic mass is 10.2. The maximum Gasteiger partial charge on any atom is 0.260 e. The van der Waals surface area contributed by atoms with Crippen LogP contribution >= 0.6 is 11.8 Å². The van der Waals surface area contributed by atoms with Gasteiger partial charge in [-0.05, 0) is 0 Å². The van der Waals surface area contributed by atoms with Gasteiger partial charge in [-0.1, -0.05) is 42.1 Å². The van der Waals surface area contributed by atoms with Crippen molar-refractivity contribution in [1.29, 1.82) is 0 Å². The van der Waals surface area contributed by atoms with Gasteiger partial charge in [-0.25, -0.2) is 4.99 Å². The first-order valence-electron chi connectivity index (χ1n) is 4.78. The first-order chi connectivity index (χ1) is 7.84. The van der Waals surface area contributed by atoms with Gasteiger partial charge in [-0.2, -0.15) is 5.01 Å². The number of rotatable bonds is 1. The molecule has 0 aromatic heterocycles. The molecule has 0 aliphatic carbocycles. The first kappa shape index (κ1) is 9.39. The van der Waals surface area contributed by atoms with Gasteiger partial charge in [0.25, 0.3) is 5.91 Å². The van der Waals surface area contributed by atoms with Crippen molar-refractivity contribution in [2.75, 3.05) is 5.75 Å². The van der Waals surface area contributed by atoms with Crippen LogP contribution in [-0.4, -0.2) is 27.7 Å². The molecular formula is C11H7N3OS. The van der Waals surface area contributed by atoms with Crippen LogP contribution in [0.3, 0.4) is 0 Å². The van der Waals surface area contributed by atoms with Crippen LogP contribution in [0.2, 0.25) is 0 Å². The highest BCUT2D eigenvalue weighted by Crippen LogP contribution is 2.25. The lowest BCUT2D eigenvalue weighted by molar-refractivity contribution is -0.124. The van der Waals surface area contributed by atoms with E-state index in [1.807, 2.05) is 30.3 Å². The predicted octanol–water partition coefficient (Wildman–Crippen LogP) is 1.56. The Bertz CT molecular complexity index is 544. The lowest BCUT2D eigenvalue weighted by Gasteiger charge is -2.11. The van der Waals surface area contributed by atoms with Gasteiger partial charge < -0.3 is 0 Å². The minimum atomic E-state index is -0.0386. The number of hydrogen-bond acceptors (Lipinski definition) is 4. The summed E-state index contributed by atoms with van der Waals surface area (Å²) < 4.78 is 0. The van der Waals surface area contributed by atoms with Gasteiger partial charge in [-0.15, -0.1) is 5.10 Å². The Morgan fingerprint density at radius 2 is 2.12 bits per heavy atom. The molecule has 16 heavy (non-hydrogen) atoms. The smallest absolute Gasteiger partial charge is 0.260 e. The van der Waals surface area contributed by atoms with Gasteiger partial charge in [0.05, 0.1) is 5.75 Å². The van der Waals surface area contributed by atoms with Crippen molar-refractivity contribution in [3.8, 4) is 0 Å². The molecule has 78 valence electrons. The van der Waals surface area contributed by atoms with Crippen molar-refractivity contribution in [2.24, 2.45) is 10.1 Å². The molecule has 1 aromatic carbocycles. The highest BCUT2D eigenvalue weighted by atomic mass is 32.2. The van der Waals surface area contributed by atoms with Crippen molar-refractivity contribution in [1.82, 2.24) is 5.01 Å². The number of benzene rings is 1. The number of carbonyl (C=O) groups excluding carboxylic acids is 1. The second-order valence-corrected chi connectivity index (χ2v) is 4.26. The van der Waals surface area contributed by atoms with Crippen LogP contribution < -0.4 is 0 Å². The molecule has 0 unspecified atom stereocenters. The molecule has 1 fully saturated rings. The molecule has 1 aromatic rings. The monoisotopic (exact) mass is 229 g/mol. The Morgan fingerprint density at radius 3 is 2.94 bits per heavy atom. The molecule has 0 bridgehead atoms. The minimum Gasteiger partial charge on any atom is -0.271 e. The van der Waals surface area contributed by atoms with Gasteiger partial charge in [0, 0.05) is 11.4 Å². The largest absolute Gasteiger partial charge is 0.271 e. The van der Waals surface area contributed by atoms with E-state index in [-0.39, 0.29) is 5.91 Å². The molecule has 0 radical (unpaired) electrons. The van der Waals surface area contributed by atoms with Crippen molar-refractivity contribution in [2.45, 2.75) is 0 Å². The number of fused-ring (bicyclic) bond motifs is 1. The van der Waals surface area contributed by atoms with E-state index in [1.54, 1.807) is 0 Å². The number of amidine groups is 1. The normalized spacial score (nSPS) is 18.2. The predicted molar refractivity (Wildman–Crippen MR) is 64.0 cm³/mol. The number of amides is 1. The van der Waals surface area contributed by atoms with Gasteiger partial charge >= 0.3 is 0 Å². The first-order valence-corrected chi connectivity index (χ1v) is 5.76. The van der Waals surface area contributed by atoms with Crippen molar-refractivity contribution < 1.29 is 4.79 Å². The third-order valence-corrected chi connectivity index (χ3v) is 3.17. The molecule has 0 spiro atoms. The van der Waals surface area contributed by atoms with E-state index in [0.29, 0.717) is 16.6 Å². The van der Waals surface area contributed by atoms with Crippen LogP contribution in [0.4, 0.5) is 0 Å². The van der Waals surface area contributed by atoms with E-state index in [0.717, 1.165) is 5.56 Å². The molecule has 0 atom stereocenters. The number of thioether (sulfide) groups is 1. The summed E-state index contributed by atoms with van der Waals surface area (Å²) in [6, 6.07) is 9.70. The van der Waals surface area contributed by atoms with E-state index in [4.69, 9.17) is 0 Å². The van der Waals surface area contributed by atoms with Gasteiger partial charge in [-0.3, -0.25) is 4.79 Å². The maximum atomic E-state index is 11.3. The van der Waals surface area contributed by atoms with Gasteiger partial charge in [0.15, 0.2) is 5.17 Å². The molecule has 1 amide bonds. The molecule has 2 heterocycles. The Kier molecular flexibility index (Phi) is 2.13. The fourth-order valence-electron chi connectivity index (χ4n) is 1.48. The number of hydrazone groups is 1. The van der Waals surface area contributed by atoms with Crippen molar-refractivity contribution >= 4 is 34.4 Å². The molecule has 0 N–H and O–H groups in total. The molecule has 0 saturated carbocycles. The highest BCUT2D eigenvalue weighted by molar-refractivity contribution is 8.15. The summed E-state index contributed by atoms with van der Waals surface area (Å²) in [7, 11) is 0. The Morgan fingerprint density at radius 1 is 1.31 bits per heavy atom. The average Bonchev–Trinajstić information content (AvgIpc) is 2.72. The fraction of sp³-hybridized carbons (Fsp3) is 0.0909. The summed E-state index contributed by atoms with van der Waals surface area (Å²) >= 11 is 1.40. The van der Waals surface area contributed by atoms with Crippen LogP contribution in [-0.2, 0) is 4.79 Å². The summed E-state index contributed by atoms with van der Waals surface area (Å²) in [4.78, 5) is 15.7. The Labute approximate surface area is 96.4 Å². The van der Waals surface area contributed by atoms with Gasteiger partial charge in [0.2, 0.25) is 0 Å². The summed E-state index contributed by atoms with van der Waals surface area (Å²) in [6.07, 6.45) is 0. The van der Waals surface area contributed by atoms with Crippen LogP contribution in [0.25, 0.3) is 5.70 Å². The molecule has 1 saturated heterocycles. The van der Waals surface area contributed by atoms with E-state index in [1.165, 1.54) is 16.8 Å². The van der Waals surface area contributed by atoms with Crippen LogP contribution in [0.15, 0.2) is 40.4 Å². The zero-order valence-electron chi connectivity index (χ0n) is 8.25. The summed E-state index contributed by atoms with van der Waals surface area (Å²) in [5.74, 6) is 3.15. The minimum absolute atomic E-state index is 0.0386. The van der Waals surface area contributed by atoms with Crippen LogP contribution in [0.5, 0.6) is 0 Å². The number of carbonyl (C=O) groups is 1. The third kappa shape index (κ3) is 1.46. The van der Waals surface area contributed by atoms with E-state index in [9.17, 15) is 4.79 Å². The van der Waals surface area contributed by atoms with E-state index < -0.39 is 0 Å². The van der Waals surface area contributed by atoms with Crippen molar-refractivity contribution in [3.63, 3.8) is 0 Å².